The number of aromatic nitrogens is 2. The SMILES string of the molecule is Nc1nc(N2CCC3(CCCN3)C2)c2c(n1)C1(CCCC1)CCC2. The topological polar surface area (TPSA) is 67.1 Å². The monoisotopic (exact) mass is 327 g/mol. The molecule has 1 aromatic rings. The van der Waals surface area contributed by atoms with Crippen LogP contribution in [0, 0.1) is 0 Å². The predicted molar refractivity (Wildman–Crippen MR) is 96.3 cm³/mol. The lowest BCUT2D eigenvalue weighted by Gasteiger charge is -2.36. The summed E-state index contributed by atoms with van der Waals surface area (Å²) in [5.41, 5.74) is 9.55. The van der Waals surface area contributed by atoms with E-state index in [9.17, 15) is 0 Å². The van der Waals surface area contributed by atoms with Gasteiger partial charge in [-0.25, -0.2) is 4.98 Å². The van der Waals surface area contributed by atoms with Crippen LogP contribution in [0.5, 0.6) is 0 Å². The fraction of sp³-hybridized carbons (Fsp3) is 0.789. The maximum Gasteiger partial charge on any atom is 0.222 e. The van der Waals surface area contributed by atoms with E-state index in [0.717, 1.165) is 25.3 Å². The van der Waals surface area contributed by atoms with Crippen LogP contribution in [0.1, 0.15) is 69.0 Å². The van der Waals surface area contributed by atoms with Gasteiger partial charge in [0.15, 0.2) is 0 Å². The van der Waals surface area contributed by atoms with Gasteiger partial charge in [-0.2, -0.15) is 4.98 Å². The third-order valence-corrected chi connectivity index (χ3v) is 7.13. The Hall–Kier alpha value is -1.36. The van der Waals surface area contributed by atoms with Gasteiger partial charge in [0.05, 0.1) is 5.69 Å². The van der Waals surface area contributed by atoms with E-state index in [1.165, 1.54) is 75.6 Å². The summed E-state index contributed by atoms with van der Waals surface area (Å²) in [4.78, 5) is 12.0. The molecule has 2 spiro atoms. The van der Waals surface area contributed by atoms with Gasteiger partial charge in [-0.15, -0.1) is 0 Å². The van der Waals surface area contributed by atoms with E-state index >= 15 is 0 Å². The molecule has 5 rings (SSSR count). The Morgan fingerprint density at radius 1 is 0.958 bits per heavy atom. The van der Waals surface area contributed by atoms with Crippen LogP contribution in [-0.2, 0) is 11.8 Å². The lowest BCUT2D eigenvalue weighted by atomic mass is 9.71. The van der Waals surface area contributed by atoms with Crippen LogP contribution in [-0.4, -0.2) is 35.1 Å². The molecule has 3 N–H and O–H groups in total. The first-order valence-corrected chi connectivity index (χ1v) is 9.87. The van der Waals surface area contributed by atoms with Crippen molar-refractivity contribution in [2.75, 3.05) is 30.3 Å². The molecule has 1 unspecified atom stereocenters. The van der Waals surface area contributed by atoms with E-state index in [0.29, 0.717) is 16.9 Å². The lowest BCUT2D eigenvalue weighted by Crippen LogP contribution is -2.43. The van der Waals surface area contributed by atoms with E-state index in [-0.39, 0.29) is 0 Å². The van der Waals surface area contributed by atoms with Crippen LogP contribution in [0.15, 0.2) is 0 Å². The zero-order valence-electron chi connectivity index (χ0n) is 14.6. The first-order chi connectivity index (χ1) is 11.7. The first-order valence-electron chi connectivity index (χ1n) is 9.87. The van der Waals surface area contributed by atoms with Crippen LogP contribution in [0.25, 0.3) is 0 Å². The molecular weight excluding hydrogens is 298 g/mol. The standard InChI is InChI=1S/C19H29N5/c20-17-22-15-14(5-3-8-18(15)6-1-2-7-18)16(23-17)24-12-10-19(13-24)9-4-11-21-19/h21H,1-13H2,(H2,20,22,23). The van der Waals surface area contributed by atoms with Crippen molar-refractivity contribution in [3.63, 3.8) is 0 Å². The Morgan fingerprint density at radius 2 is 1.79 bits per heavy atom. The van der Waals surface area contributed by atoms with Crippen molar-refractivity contribution in [1.82, 2.24) is 15.3 Å². The van der Waals surface area contributed by atoms with Crippen molar-refractivity contribution in [2.45, 2.75) is 75.2 Å². The van der Waals surface area contributed by atoms with Crippen molar-refractivity contribution in [3.05, 3.63) is 11.3 Å². The molecule has 2 saturated heterocycles. The molecule has 5 nitrogen and oxygen atoms in total. The second kappa shape index (κ2) is 5.32. The Bertz CT molecular complexity index is 643. The molecule has 4 aliphatic rings. The second-order valence-corrected chi connectivity index (χ2v) is 8.56. The van der Waals surface area contributed by atoms with E-state index in [1.54, 1.807) is 0 Å². The Morgan fingerprint density at radius 3 is 2.58 bits per heavy atom. The summed E-state index contributed by atoms with van der Waals surface area (Å²) in [6.07, 6.45) is 12.8. The van der Waals surface area contributed by atoms with Crippen molar-refractivity contribution < 1.29 is 0 Å². The normalized spacial score (nSPS) is 31.2. The van der Waals surface area contributed by atoms with Gasteiger partial charge in [0.1, 0.15) is 5.82 Å². The van der Waals surface area contributed by atoms with Crippen molar-refractivity contribution >= 4 is 11.8 Å². The van der Waals surface area contributed by atoms with Crippen molar-refractivity contribution in [3.8, 4) is 0 Å². The largest absolute Gasteiger partial charge is 0.368 e. The van der Waals surface area contributed by atoms with Crippen LogP contribution in [0.2, 0.25) is 0 Å². The van der Waals surface area contributed by atoms with E-state index in [4.69, 9.17) is 15.7 Å². The van der Waals surface area contributed by atoms with Gasteiger partial charge in [-0.3, -0.25) is 0 Å². The number of hydrogen-bond donors (Lipinski definition) is 2. The third kappa shape index (κ3) is 2.17. The molecule has 0 amide bonds. The maximum absolute atomic E-state index is 6.18. The third-order valence-electron chi connectivity index (χ3n) is 7.13. The van der Waals surface area contributed by atoms with Crippen LogP contribution in [0.3, 0.4) is 0 Å². The Kier molecular flexibility index (Phi) is 3.31. The Balaban J connectivity index is 1.54. The average molecular weight is 327 g/mol. The minimum Gasteiger partial charge on any atom is -0.368 e. The fourth-order valence-electron chi connectivity index (χ4n) is 5.95. The number of nitrogens with two attached hydrogens (primary N) is 1. The van der Waals surface area contributed by atoms with E-state index < -0.39 is 0 Å². The number of hydrogen-bond acceptors (Lipinski definition) is 5. The molecule has 3 fully saturated rings. The molecule has 130 valence electrons. The molecule has 1 aromatic heterocycles. The number of anilines is 2. The minimum atomic E-state index is 0.308. The molecular formula is C19H29N5. The molecule has 3 heterocycles. The van der Waals surface area contributed by atoms with Crippen molar-refractivity contribution in [2.24, 2.45) is 0 Å². The quantitative estimate of drug-likeness (QED) is 0.830. The molecule has 0 bridgehead atoms. The fourth-order valence-corrected chi connectivity index (χ4v) is 5.95. The number of fused-ring (bicyclic) bond motifs is 2. The second-order valence-electron chi connectivity index (χ2n) is 8.56. The minimum absolute atomic E-state index is 0.308. The maximum atomic E-state index is 6.18. The zero-order valence-corrected chi connectivity index (χ0v) is 14.6. The van der Waals surface area contributed by atoms with Crippen LogP contribution in [0.4, 0.5) is 11.8 Å². The molecule has 2 aliphatic carbocycles. The summed E-state index contributed by atoms with van der Waals surface area (Å²) in [6.45, 7) is 3.35. The smallest absolute Gasteiger partial charge is 0.222 e. The molecule has 5 heteroatoms. The highest BCUT2D eigenvalue weighted by atomic mass is 15.3. The molecule has 0 radical (unpaired) electrons. The lowest BCUT2D eigenvalue weighted by molar-refractivity contribution is 0.357. The summed E-state index contributed by atoms with van der Waals surface area (Å²) in [7, 11) is 0. The molecule has 2 aliphatic heterocycles. The van der Waals surface area contributed by atoms with Crippen LogP contribution < -0.4 is 16.0 Å². The molecule has 1 saturated carbocycles. The Labute approximate surface area is 144 Å². The predicted octanol–water partition coefficient (Wildman–Crippen LogP) is 2.54. The highest BCUT2D eigenvalue weighted by molar-refractivity contribution is 5.56. The van der Waals surface area contributed by atoms with Gasteiger partial charge >= 0.3 is 0 Å². The molecule has 1 atom stereocenters. The number of nitrogens with one attached hydrogen (secondary N) is 1. The summed E-state index contributed by atoms with van der Waals surface area (Å²) >= 11 is 0. The summed E-state index contributed by atoms with van der Waals surface area (Å²) < 4.78 is 0. The van der Waals surface area contributed by atoms with E-state index in [1.807, 2.05) is 0 Å². The van der Waals surface area contributed by atoms with Gasteiger partial charge in [0.2, 0.25) is 5.95 Å². The summed E-state index contributed by atoms with van der Waals surface area (Å²) in [6, 6.07) is 0. The first kappa shape index (κ1) is 14.9. The molecule has 24 heavy (non-hydrogen) atoms. The number of nitrogen functional groups attached to an aromatic ring is 1. The van der Waals surface area contributed by atoms with Gasteiger partial charge in [0.25, 0.3) is 0 Å². The van der Waals surface area contributed by atoms with E-state index in [2.05, 4.69) is 10.2 Å². The van der Waals surface area contributed by atoms with Gasteiger partial charge in [-0.05, 0) is 57.9 Å². The van der Waals surface area contributed by atoms with Crippen molar-refractivity contribution in [1.29, 1.82) is 0 Å². The number of nitrogens with zero attached hydrogens (tertiary/aromatic N) is 3. The number of rotatable bonds is 1. The highest BCUT2D eigenvalue weighted by Gasteiger charge is 2.45. The van der Waals surface area contributed by atoms with Gasteiger partial charge in [-0.1, -0.05) is 12.8 Å². The summed E-state index contributed by atoms with van der Waals surface area (Å²) in [5.74, 6) is 1.64. The van der Waals surface area contributed by atoms with Gasteiger partial charge in [0, 0.05) is 29.6 Å². The zero-order chi connectivity index (χ0) is 16.2. The highest BCUT2D eigenvalue weighted by Crippen LogP contribution is 2.50. The van der Waals surface area contributed by atoms with Crippen LogP contribution >= 0.6 is 0 Å². The summed E-state index contributed by atoms with van der Waals surface area (Å²) in [5, 5.41) is 3.76. The average Bonchev–Trinajstić information content (AvgIpc) is 3.32. The van der Waals surface area contributed by atoms with Gasteiger partial charge < -0.3 is 16.0 Å². The molecule has 0 aromatic carbocycles.